The van der Waals surface area contributed by atoms with Gasteiger partial charge in [-0.1, -0.05) is 13.0 Å². The van der Waals surface area contributed by atoms with Crippen LogP contribution in [0.15, 0.2) is 24.0 Å². The summed E-state index contributed by atoms with van der Waals surface area (Å²) in [4.78, 5) is 0. The summed E-state index contributed by atoms with van der Waals surface area (Å²) in [5, 5.41) is 7.57. The molecule has 2 heteroatoms. The zero-order valence-corrected chi connectivity index (χ0v) is 7.63. The second-order valence-corrected chi connectivity index (χ2v) is 2.95. The first-order valence-corrected chi connectivity index (χ1v) is 4.29. The summed E-state index contributed by atoms with van der Waals surface area (Å²) in [6, 6.07) is 0. The van der Waals surface area contributed by atoms with E-state index in [2.05, 4.69) is 13.0 Å². The molecule has 0 bridgehead atoms. The highest BCUT2D eigenvalue weighted by molar-refractivity contribution is 6.04. The molecule has 0 heterocycles. The lowest BCUT2D eigenvalue weighted by atomic mass is 10.0. The van der Waals surface area contributed by atoms with Gasteiger partial charge < -0.3 is 4.74 Å². The molecule has 0 saturated carbocycles. The number of allylic oxidation sites excluding steroid dienone is 3. The Balaban J connectivity index is 2.75. The third kappa shape index (κ3) is 1.97. The Morgan fingerprint density at radius 2 is 2.42 bits per heavy atom. The summed E-state index contributed by atoms with van der Waals surface area (Å²) in [7, 11) is 1.61. The van der Waals surface area contributed by atoms with E-state index in [1.165, 1.54) is 0 Å². The fourth-order valence-corrected chi connectivity index (χ4v) is 1.26. The molecular formula is C10H15NO. The summed E-state index contributed by atoms with van der Waals surface area (Å²) in [6.07, 6.45) is 8.02. The van der Waals surface area contributed by atoms with Crippen molar-refractivity contribution in [3.63, 3.8) is 0 Å². The van der Waals surface area contributed by atoms with Crippen molar-refractivity contribution in [3.8, 4) is 0 Å². The lowest BCUT2D eigenvalue weighted by Gasteiger charge is -2.03. The van der Waals surface area contributed by atoms with Crippen LogP contribution in [0.2, 0.25) is 0 Å². The van der Waals surface area contributed by atoms with Crippen molar-refractivity contribution >= 4 is 5.71 Å². The van der Waals surface area contributed by atoms with Crippen LogP contribution in [0.1, 0.15) is 19.8 Å². The molecule has 0 aliphatic heterocycles. The molecule has 0 aromatic heterocycles. The van der Waals surface area contributed by atoms with Crippen LogP contribution in [0.5, 0.6) is 0 Å². The number of hydrogen-bond acceptors (Lipinski definition) is 2. The van der Waals surface area contributed by atoms with Gasteiger partial charge in [-0.15, -0.1) is 0 Å². The van der Waals surface area contributed by atoms with E-state index in [4.69, 9.17) is 10.1 Å². The van der Waals surface area contributed by atoms with Gasteiger partial charge in [-0.25, -0.2) is 0 Å². The molecule has 0 amide bonds. The van der Waals surface area contributed by atoms with E-state index < -0.39 is 0 Å². The molecule has 0 spiro atoms. The Morgan fingerprint density at radius 3 is 3.00 bits per heavy atom. The molecule has 1 unspecified atom stereocenters. The van der Waals surface area contributed by atoms with Gasteiger partial charge in [0.1, 0.15) is 5.76 Å². The average Bonchev–Trinajstić information content (AvgIpc) is 2.27. The molecule has 12 heavy (non-hydrogen) atoms. The van der Waals surface area contributed by atoms with E-state index in [0.717, 1.165) is 12.8 Å². The third-order valence-corrected chi connectivity index (χ3v) is 2.15. The third-order valence-electron chi connectivity index (χ3n) is 2.15. The quantitative estimate of drug-likeness (QED) is 0.670. The summed E-state index contributed by atoms with van der Waals surface area (Å²) in [6.45, 7) is 2.16. The molecule has 0 aromatic carbocycles. The Hall–Kier alpha value is -1.05. The molecule has 1 aliphatic rings. The van der Waals surface area contributed by atoms with Crippen molar-refractivity contribution in [1.82, 2.24) is 0 Å². The molecular weight excluding hydrogens is 150 g/mol. The number of hydrogen-bond donors (Lipinski definition) is 1. The van der Waals surface area contributed by atoms with Crippen LogP contribution in [0, 0.1) is 11.3 Å². The molecule has 1 atom stereocenters. The van der Waals surface area contributed by atoms with Gasteiger partial charge in [0.15, 0.2) is 0 Å². The van der Waals surface area contributed by atoms with Crippen molar-refractivity contribution in [1.29, 1.82) is 5.41 Å². The van der Waals surface area contributed by atoms with Crippen molar-refractivity contribution in [2.45, 2.75) is 19.8 Å². The van der Waals surface area contributed by atoms with Crippen LogP contribution in [0.3, 0.4) is 0 Å². The smallest absolute Gasteiger partial charge is 0.139 e. The van der Waals surface area contributed by atoms with E-state index >= 15 is 0 Å². The topological polar surface area (TPSA) is 33.1 Å². The van der Waals surface area contributed by atoms with Gasteiger partial charge >= 0.3 is 0 Å². The van der Waals surface area contributed by atoms with Gasteiger partial charge in [0.05, 0.1) is 12.8 Å². The van der Waals surface area contributed by atoms with Crippen LogP contribution in [-0.4, -0.2) is 12.8 Å². The van der Waals surface area contributed by atoms with E-state index in [1.807, 2.05) is 12.2 Å². The van der Waals surface area contributed by atoms with Gasteiger partial charge in [-0.2, -0.15) is 0 Å². The summed E-state index contributed by atoms with van der Waals surface area (Å²) < 4.78 is 5.06. The Kier molecular flexibility index (Phi) is 3.09. The predicted molar refractivity (Wildman–Crippen MR) is 50.4 cm³/mol. The van der Waals surface area contributed by atoms with Gasteiger partial charge in [-0.05, 0) is 30.9 Å². The SMILES string of the molecule is CCC1C=CC(=N)C(OC)=CC1. The molecule has 0 fully saturated rings. The maximum absolute atomic E-state index is 7.57. The number of ether oxygens (including phenoxy) is 1. The first-order valence-electron chi connectivity index (χ1n) is 4.29. The van der Waals surface area contributed by atoms with Crippen LogP contribution in [0.25, 0.3) is 0 Å². The first kappa shape index (κ1) is 9.04. The zero-order valence-electron chi connectivity index (χ0n) is 7.63. The second kappa shape index (κ2) is 4.10. The highest BCUT2D eigenvalue weighted by atomic mass is 16.5. The highest BCUT2D eigenvalue weighted by Crippen LogP contribution is 2.17. The Morgan fingerprint density at radius 1 is 1.67 bits per heavy atom. The van der Waals surface area contributed by atoms with E-state index in [9.17, 15) is 0 Å². The van der Waals surface area contributed by atoms with E-state index in [1.54, 1.807) is 7.11 Å². The molecule has 1 aliphatic carbocycles. The number of rotatable bonds is 2. The van der Waals surface area contributed by atoms with Gasteiger partial charge in [0.25, 0.3) is 0 Å². The monoisotopic (exact) mass is 165 g/mol. The minimum absolute atomic E-state index is 0.480. The van der Waals surface area contributed by atoms with Crippen molar-refractivity contribution in [2.75, 3.05) is 7.11 Å². The van der Waals surface area contributed by atoms with Gasteiger partial charge in [0.2, 0.25) is 0 Å². The highest BCUT2D eigenvalue weighted by Gasteiger charge is 2.09. The summed E-state index contributed by atoms with van der Waals surface area (Å²) >= 11 is 0. The number of methoxy groups -OCH3 is 1. The van der Waals surface area contributed by atoms with E-state index in [-0.39, 0.29) is 0 Å². The normalized spacial score (nSPS) is 23.3. The standard InChI is InChI=1S/C10H15NO/c1-3-8-4-6-9(11)10(12-2)7-5-8/h4,6-8,11H,3,5H2,1-2H3. The maximum Gasteiger partial charge on any atom is 0.139 e. The lowest BCUT2D eigenvalue weighted by Crippen LogP contribution is -1.97. The summed E-state index contributed by atoms with van der Waals surface area (Å²) in [5.74, 6) is 1.26. The largest absolute Gasteiger partial charge is 0.495 e. The first-order chi connectivity index (χ1) is 5.77. The second-order valence-electron chi connectivity index (χ2n) is 2.95. The van der Waals surface area contributed by atoms with Crippen molar-refractivity contribution < 1.29 is 4.74 Å². The molecule has 66 valence electrons. The number of nitrogens with one attached hydrogen (secondary N) is 1. The fourth-order valence-electron chi connectivity index (χ4n) is 1.26. The molecule has 1 rings (SSSR count). The molecule has 1 N–H and O–H groups in total. The molecule has 0 saturated heterocycles. The van der Waals surface area contributed by atoms with Gasteiger partial charge in [-0.3, -0.25) is 5.41 Å². The van der Waals surface area contributed by atoms with Crippen LogP contribution in [0.4, 0.5) is 0 Å². The molecule has 0 aromatic rings. The van der Waals surface area contributed by atoms with Gasteiger partial charge in [0, 0.05) is 0 Å². The minimum Gasteiger partial charge on any atom is -0.495 e. The molecule has 2 nitrogen and oxygen atoms in total. The minimum atomic E-state index is 0.480. The maximum atomic E-state index is 7.57. The van der Waals surface area contributed by atoms with Crippen molar-refractivity contribution in [2.24, 2.45) is 5.92 Å². The molecule has 0 radical (unpaired) electrons. The Bertz CT molecular complexity index is 228. The van der Waals surface area contributed by atoms with Crippen molar-refractivity contribution in [3.05, 3.63) is 24.0 Å². The van der Waals surface area contributed by atoms with Crippen LogP contribution < -0.4 is 0 Å². The fraction of sp³-hybridized carbons (Fsp3) is 0.500. The Labute approximate surface area is 73.4 Å². The zero-order chi connectivity index (χ0) is 8.97. The predicted octanol–water partition coefficient (Wildman–Crippen LogP) is 2.52. The summed E-state index contributed by atoms with van der Waals surface area (Å²) in [5.41, 5.74) is 0.480. The van der Waals surface area contributed by atoms with E-state index in [0.29, 0.717) is 17.4 Å². The average molecular weight is 165 g/mol. The van der Waals surface area contributed by atoms with Crippen LogP contribution >= 0.6 is 0 Å². The van der Waals surface area contributed by atoms with Crippen LogP contribution in [-0.2, 0) is 4.74 Å². The lowest BCUT2D eigenvalue weighted by molar-refractivity contribution is 0.313.